The Bertz CT molecular complexity index is 1190. The Morgan fingerprint density at radius 2 is 2.10 bits per heavy atom. The number of thiophene rings is 1. The normalized spacial score (nSPS) is 17.9. The molecule has 2 N–H and O–H groups in total. The maximum atomic E-state index is 13.1. The van der Waals surface area contributed by atoms with Gasteiger partial charge in [-0.2, -0.15) is 5.10 Å². The quantitative estimate of drug-likeness (QED) is 0.638. The number of carbonyl (C=O) groups is 2. The van der Waals surface area contributed by atoms with Crippen LogP contribution in [-0.2, 0) is 4.79 Å². The molecule has 30 heavy (non-hydrogen) atoms. The standard InChI is InChI=1S/C23H22N4O2S/c1-13-8-9-15(11-14(13)2)25-23(29)16-12-24-27-21(19-7-4-10-30-19)20-17(26-22(16)27)5-3-6-18(20)28/h4,7-12,21,26H,3,5-6H2,1-2H3,(H,25,29)/t21-/m1/s1. The van der Waals surface area contributed by atoms with Gasteiger partial charge in [0, 0.05) is 28.3 Å². The second-order valence-electron chi connectivity index (χ2n) is 7.82. The number of hydrogen-bond acceptors (Lipinski definition) is 5. The van der Waals surface area contributed by atoms with Gasteiger partial charge in [-0.1, -0.05) is 12.1 Å². The number of aryl methyl sites for hydroxylation is 2. The number of benzene rings is 1. The number of nitrogens with one attached hydrogen (secondary N) is 2. The highest BCUT2D eigenvalue weighted by molar-refractivity contribution is 7.10. The zero-order chi connectivity index (χ0) is 20.8. The lowest BCUT2D eigenvalue weighted by molar-refractivity contribution is -0.116. The van der Waals surface area contributed by atoms with E-state index in [0.717, 1.165) is 40.2 Å². The molecule has 3 aromatic rings. The first-order valence-corrected chi connectivity index (χ1v) is 10.9. The summed E-state index contributed by atoms with van der Waals surface area (Å²) in [7, 11) is 0. The highest BCUT2D eigenvalue weighted by Crippen LogP contribution is 2.42. The molecule has 1 aromatic carbocycles. The monoisotopic (exact) mass is 418 g/mol. The van der Waals surface area contributed by atoms with Crippen LogP contribution < -0.4 is 10.6 Å². The lowest BCUT2D eigenvalue weighted by Crippen LogP contribution is -2.31. The maximum Gasteiger partial charge on any atom is 0.261 e. The first kappa shape index (κ1) is 18.8. The van der Waals surface area contributed by atoms with Gasteiger partial charge < -0.3 is 10.6 Å². The molecule has 0 spiro atoms. The van der Waals surface area contributed by atoms with Crippen LogP contribution in [0.1, 0.15) is 51.7 Å². The summed E-state index contributed by atoms with van der Waals surface area (Å²) >= 11 is 1.60. The molecule has 2 aromatic heterocycles. The third kappa shape index (κ3) is 3.06. The molecule has 1 aliphatic carbocycles. The summed E-state index contributed by atoms with van der Waals surface area (Å²) in [6, 6.07) is 9.57. The van der Waals surface area contributed by atoms with E-state index in [1.807, 2.05) is 49.6 Å². The Morgan fingerprint density at radius 1 is 1.23 bits per heavy atom. The molecule has 0 saturated carbocycles. The van der Waals surface area contributed by atoms with Gasteiger partial charge in [0.1, 0.15) is 17.4 Å². The van der Waals surface area contributed by atoms with Gasteiger partial charge in [0.2, 0.25) is 0 Å². The lowest BCUT2D eigenvalue weighted by atomic mass is 9.88. The van der Waals surface area contributed by atoms with Crippen molar-refractivity contribution < 1.29 is 9.59 Å². The van der Waals surface area contributed by atoms with Crippen molar-refractivity contribution in [2.45, 2.75) is 39.2 Å². The third-order valence-corrected chi connectivity index (χ3v) is 6.79. The van der Waals surface area contributed by atoms with E-state index in [2.05, 4.69) is 15.7 Å². The van der Waals surface area contributed by atoms with Crippen LogP contribution in [0.2, 0.25) is 0 Å². The van der Waals surface area contributed by atoms with Gasteiger partial charge >= 0.3 is 0 Å². The minimum atomic E-state index is -0.285. The first-order valence-electron chi connectivity index (χ1n) is 10.1. The zero-order valence-corrected chi connectivity index (χ0v) is 17.7. The number of ketones is 1. The van der Waals surface area contributed by atoms with Crippen LogP contribution in [0.3, 0.4) is 0 Å². The minimum absolute atomic E-state index is 0.157. The number of Topliss-reactive ketones (excluding diaryl/α,β-unsaturated/α-hetero) is 1. The molecular formula is C23H22N4O2S. The predicted octanol–water partition coefficient (Wildman–Crippen LogP) is 4.84. The fourth-order valence-electron chi connectivity index (χ4n) is 4.15. The molecule has 0 bridgehead atoms. The topological polar surface area (TPSA) is 76.0 Å². The van der Waals surface area contributed by atoms with Crippen molar-refractivity contribution in [1.82, 2.24) is 9.78 Å². The van der Waals surface area contributed by atoms with Crippen molar-refractivity contribution in [3.63, 3.8) is 0 Å². The molecule has 2 aliphatic rings. The van der Waals surface area contributed by atoms with Crippen LogP contribution in [0.5, 0.6) is 0 Å². The molecule has 1 aliphatic heterocycles. The Labute approximate surface area is 178 Å². The van der Waals surface area contributed by atoms with Crippen LogP contribution in [-0.4, -0.2) is 21.5 Å². The summed E-state index contributed by atoms with van der Waals surface area (Å²) in [5.41, 5.74) is 5.22. The molecule has 1 amide bonds. The smallest absolute Gasteiger partial charge is 0.261 e. The number of amides is 1. The summed E-state index contributed by atoms with van der Waals surface area (Å²) in [5, 5.41) is 12.9. The van der Waals surface area contributed by atoms with E-state index >= 15 is 0 Å². The van der Waals surface area contributed by atoms with E-state index in [0.29, 0.717) is 17.8 Å². The number of fused-ring (bicyclic) bond motifs is 1. The molecule has 3 heterocycles. The van der Waals surface area contributed by atoms with Crippen LogP contribution in [0.15, 0.2) is 53.2 Å². The number of hydrogen-bond donors (Lipinski definition) is 2. The predicted molar refractivity (Wildman–Crippen MR) is 118 cm³/mol. The summed E-state index contributed by atoms with van der Waals surface area (Å²) in [6.07, 6.45) is 3.76. The van der Waals surface area contributed by atoms with Gasteiger partial charge in [-0.25, -0.2) is 4.68 Å². The van der Waals surface area contributed by atoms with Crippen molar-refractivity contribution in [1.29, 1.82) is 0 Å². The van der Waals surface area contributed by atoms with Crippen LogP contribution >= 0.6 is 11.3 Å². The van der Waals surface area contributed by atoms with Gasteiger partial charge in [-0.15, -0.1) is 11.3 Å². The van der Waals surface area contributed by atoms with E-state index in [1.165, 1.54) is 5.56 Å². The Kier molecular flexibility index (Phi) is 4.55. The number of nitrogens with zero attached hydrogens (tertiary/aromatic N) is 2. The molecule has 0 unspecified atom stereocenters. The summed E-state index contributed by atoms with van der Waals surface area (Å²) in [4.78, 5) is 26.9. The van der Waals surface area contributed by atoms with E-state index in [4.69, 9.17) is 0 Å². The average Bonchev–Trinajstić information content (AvgIpc) is 3.39. The van der Waals surface area contributed by atoms with Gasteiger partial charge in [-0.05, 0) is 61.4 Å². The number of carbonyl (C=O) groups excluding carboxylic acids is 2. The second kappa shape index (κ2) is 7.25. The molecule has 1 atom stereocenters. The number of anilines is 2. The van der Waals surface area contributed by atoms with Crippen LogP contribution in [0, 0.1) is 13.8 Å². The molecule has 0 fully saturated rings. The molecule has 5 rings (SSSR count). The number of allylic oxidation sites excluding steroid dienone is 2. The maximum absolute atomic E-state index is 13.1. The number of rotatable bonds is 3. The molecule has 0 saturated heterocycles. The molecular weight excluding hydrogens is 396 g/mol. The van der Waals surface area contributed by atoms with Crippen molar-refractivity contribution in [3.8, 4) is 0 Å². The summed E-state index contributed by atoms with van der Waals surface area (Å²) < 4.78 is 1.78. The summed E-state index contributed by atoms with van der Waals surface area (Å²) in [6.45, 7) is 4.06. The molecule has 0 radical (unpaired) electrons. The first-order chi connectivity index (χ1) is 14.5. The Balaban J connectivity index is 1.54. The van der Waals surface area contributed by atoms with Gasteiger partial charge in [0.25, 0.3) is 5.91 Å². The van der Waals surface area contributed by atoms with Crippen molar-refractivity contribution >= 4 is 34.5 Å². The highest BCUT2D eigenvalue weighted by Gasteiger charge is 2.37. The van der Waals surface area contributed by atoms with Crippen molar-refractivity contribution in [2.24, 2.45) is 0 Å². The Morgan fingerprint density at radius 3 is 2.87 bits per heavy atom. The second-order valence-corrected chi connectivity index (χ2v) is 8.80. The fourth-order valence-corrected chi connectivity index (χ4v) is 4.97. The fraction of sp³-hybridized carbons (Fsp3) is 0.261. The largest absolute Gasteiger partial charge is 0.343 e. The van der Waals surface area contributed by atoms with Crippen molar-refractivity contribution in [2.75, 3.05) is 10.6 Å². The molecule has 7 heteroatoms. The van der Waals surface area contributed by atoms with E-state index in [1.54, 1.807) is 22.2 Å². The van der Waals surface area contributed by atoms with Gasteiger partial charge in [0.15, 0.2) is 5.78 Å². The van der Waals surface area contributed by atoms with E-state index < -0.39 is 0 Å². The number of aromatic nitrogens is 2. The van der Waals surface area contributed by atoms with Gasteiger partial charge in [-0.3, -0.25) is 9.59 Å². The SMILES string of the molecule is Cc1ccc(NC(=O)c2cnn3c2NC2=C(C(=O)CCC2)[C@H]3c2cccs2)cc1C. The third-order valence-electron chi connectivity index (χ3n) is 5.86. The summed E-state index contributed by atoms with van der Waals surface area (Å²) in [5.74, 6) is 0.579. The van der Waals surface area contributed by atoms with Crippen LogP contribution in [0.25, 0.3) is 0 Å². The zero-order valence-electron chi connectivity index (χ0n) is 16.9. The molecule has 152 valence electrons. The highest BCUT2D eigenvalue weighted by atomic mass is 32.1. The Hall–Kier alpha value is -3.19. The van der Waals surface area contributed by atoms with Gasteiger partial charge in [0.05, 0.1) is 6.20 Å². The van der Waals surface area contributed by atoms with E-state index in [9.17, 15) is 9.59 Å². The van der Waals surface area contributed by atoms with Crippen molar-refractivity contribution in [3.05, 3.63) is 74.7 Å². The van der Waals surface area contributed by atoms with Crippen LogP contribution in [0.4, 0.5) is 11.5 Å². The molecule has 6 nitrogen and oxygen atoms in total. The average molecular weight is 419 g/mol. The lowest BCUT2D eigenvalue weighted by Gasteiger charge is -2.32. The van der Waals surface area contributed by atoms with E-state index in [-0.39, 0.29) is 17.7 Å². The minimum Gasteiger partial charge on any atom is -0.343 e.